The summed E-state index contributed by atoms with van der Waals surface area (Å²) in [6, 6.07) is 6.48. The molecule has 3 rings (SSSR count). The van der Waals surface area contributed by atoms with E-state index in [1.54, 1.807) is 24.3 Å². The van der Waals surface area contributed by atoms with Gasteiger partial charge >= 0.3 is 5.97 Å². The van der Waals surface area contributed by atoms with Crippen LogP contribution in [0.3, 0.4) is 0 Å². The van der Waals surface area contributed by atoms with Gasteiger partial charge in [0.05, 0.1) is 24.3 Å². The Bertz CT molecular complexity index is 788. The molecule has 0 bridgehead atoms. The molecule has 1 aliphatic carbocycles. The van der Waals surface area contributed by atoms with Gasteiger partial charge in [0.15, 0.2) is 5.17 Å². The van der Waals surface area contributed by atoms with Gasteiger partial charge in [-0.3, -0.25) is 9.59 Å². The van der Waals surface area contributed by atoms with Crippen molar-refractivity contribution >= 4 is 46.1 Å². The number of thioether (sulfide) groups is 1. The van der Waals surface area contributed by atoms with E-state index in [0.717, 1.165) is 36.7 Å². The molecule has 1 aromatic carbocycles. The molecule has 0 saturated heterocycles. The maximum absolute atomic E-state index is 12.1. The molecule has 25 heavy (non-hydrogen) atoms. The van der Waals surface area contributed by atoms with E-state index in [9.17, 15) is 14.4 Å². The van der Waals surface area contributed by atoms with Crippen molar-refractivity contribution in [1.29, 1.82) is 0 Å². The van der Waals surface area contributed by atoms with Crippen LogP contribution in [-0.2, 0) is 14.3 Å². The maximum Gasteiger partial charge on any atom is 0.337 e. The fourth-order valence-electron chi connectivity index (χ4n) is 2.78. The molecule has 0 aromatic heterocycles. The minimum absolute atomic E-state index is 0.0794. The molecule has 0 radical (unpaired) electrons. The first-order chi connectivity index (χ1) is 12.1. The monoisotopic (exact) mass is 359 g/mol. The van der Waals surface area contributed by atoms with Crippen LogP contribution in [0.2, 0.25) is 0 Å². The van der Waals surface area contributed by atoms with Gasteiger partial charge in [-0.25, -0.2) is 9.79 Å². The van der Waals surface area contributed by atoms with E-state index < -0.39 is 5.97 Å². The van der Waals surface area contributed by atoms with E-state index in [2.05, 4.69) is 20.0 Å². The van der Waals surface area contributed by atoms with Crippen molar-refractivity contribution < 1.29 is 19.1 Å². The average molecular weight is 359 g/mol. The molecule has 0 spiro atoms. The van der Waals surface area contributed by atoms with E-state index in [0.29, 0.717) is 16.4 Å². The molecule has 130 valence electrons. The molecule has 1 atom stereocenters. The second-order valence-electron chi connectivity index (χ2n) is 5.69. The number of fused-ring (bicyclic) bond motifs is 1. The van der Waals surface area contributed by atoms with Gasteiger partial charge in [-0.1, -0.05) is 17.8 Å². The normalized spacial score (nSPS) is 18.9. The molecular formula is C17H17N3O4S. The number of esters is 1. The van der Waals surface area contributed by atoms with E-state index >= 15 is 0 Å². The van der Waals surface area contributed by atoms with Crippen LogP contribution >= 0.6 is 11.8 Å². The summed E-state index contributed by atoms with van der Waals surface area (Å²) >= 11 is 1.13. The van der Waals surface area contributed by atoms with Crippen molar-refractivity contribution in [3.8, 4) is 0 Å². The number of nitrogens with zero attached hydrogens (tertiary/aromatic N) is 2. The lowest BCUT2D eigenvalue weighted by molar-refractivity contribution is -0.119. The van der Waals surface area contributed by atoms with E-state index in [1.807, 2.05) is 0 Å². The Morgan fingerprint density at radius 3 is 3.00 bits per heavy atom. The predicted molar refractivity (Wildman–Crippen MR) is 96.1 cm³/mol. The summed E-state index contributed by atoms with van der Waals surface area (Å²) in [5.41, 5.74) is 1.74. The van der Waals surface area contributed by atoms with E-state index in [1.165, 1.54) is 7.11 Å². The minimum atomic E-state index is -0.470. The third-order valence-corrected chi connectivity index (χ3v) is 4.82. The Morgan fingerprint density at radius 1 is 1.36 bits per heavy atom. The molecule has 1 saturated carbocycles. The molecule has 1 N–H and O–H groups in total. The summed E-state index contributed by atoms with van der Waals surface area (Å²) in [6.07, 6.45) is 2.60. The first kappa shape index (κ1) is 17.3. The topological polar surface area (TPSA) is 97.2 Å². The highest BCUT2D eigenvalue weighted by molar-refractivity contribution is 8.14. The molecular weight excluding hydrogens is 342 g/mol. The molecule has 2 aliphatic rings. The number of amidine groups is 1. The Morgan fingerprint density at radius 2 is 2.20 bits per heavy atom. The van der Waals surface area contributed by atoms with Crippen LogP contribution in [0.4, 0.5) is 5.69 Å². The Labute approximate surface area is 148 Å². The second-order valence-corrected chi connectivity index (χ2v) is 6.63. The number of ether oxygens (including phenoxy) is 1. The highest BCUT2D eigenvalue weighted by atomic mass is 32.2. The first-order valence-electron chi connectivity index (χ1n) is 7.88. The lowest BCUT2D eigenvalue weighted by Gasteiger charge is -2.13. The van der Waals surface area contributed by atoms with Crippen molar-refractivity contribution in [3.05, 3.63) is 29.8 Å². The Kier molecular flexibility index (Phi) is 5.28. The summed E-state index contributed by atoms with van der Waals surface area (Å²) in [6.45, 7) is 0. The number of rotatable bonds is 4. The summed E-state index contributed by atoms with van der Waals surface area (Å²) in [5.74, 6) is -0.968. The first-order valence-corrected chi connectivity index (χ1v) is 8.86. The predicted octanol–water partition coefficient (Wildman–Crippen LogP) is 2.28. The molecule has 1 unspecified atom stereocenters. The van der Waals surface area contributed by atoms with Crippen LogP contribution < -0.4 is 5.32 Å². The number of aliphatic imine (C=N–C) groups is 2. The molecule has 1 aromatic rings. The van der Waals surface area contributed by atoms with Crippen LogP contribution in [0.15, 0.2) is 34.3 Å². The van der Waals surface area contributed by atoms with Crippen molar-refractivity contribution in [3.63, 3.8) is 0 Å². The number of nitrogens with one attached hydrogen (secondary N) is 1. The molecule has 7 nitrogen and oxygen atoms in total. The van der Waals surface area contributed by atoms with Crippen LogP contribution in [0, 0.1) is 5.92 Å². The van der Waals surface area contributed by atoms with Crippen molar-refractivity contribution in [2.75, 3.05) is 18.2 Å². The SMILES string of the molecule is COC(=O)c1cccc(NC(=O)CSC2=NC(=O)C3CCCC3=N2)c1. The van der Waals surface area contributed by atoms with Crippen LogP contribution in [-0.4, -0.2) is 41.5 Å². The number of amides is 2. The van der Waals surface area contributed by atoms with Gasteiger partial charge in [0, 0.05) is 11.4 Å². The van der Waals surface area contributed by atoms with Gasteiger partial charge in [-0.15, -0.1) is 0 Å². The Balaban J connectivity index is 1.57. The maximum atomic E-state index is 12.1. The third-order valence-electron chi connectivity index (χ3n) is 3.97. The number of hydrogen-bond acceptors (Lipinski definition) is 6. The number of anilines is 1. The molecule has 8 heteroatoms. The van der Waals surface area contributed by atoms with Crippen molar-refractivity contribution in [1.82, 2.24) is 0 Å². The fourth-order valence-corrected chi connectivity index (χ4v) is 3.45. The summed E-state index contributed by atoms with van der Waals surface area (Å²) in [5, 5.41) is 3.05. The van der Waals surface area contributed by atoms with Gasteiger partial charge < -0.3 is 10.1 Å². The van der Waals surface area contributed by atoms with Gasteiger partial charge in [0.1, 0.15) is 0 Å². The van der Waals surface area contributed by atoms with Gasteiger partial charge in [0.25, 0.3) is 5.91 Å². The van der Waals surface area contributed by atoms with E-state index in [-0.39, 0.29) is 23.5 Å². The standard InChI is InChI=1S/C17H17N3O4S/c1-24-16(23)10-4-2-5-11(8-10)18-14(21)9-25-17-19-13-7-3-6-12(13)15(22)20-17/h2,4-5,8,12H,3,6-7,9H2,1H3,(H,18,21). The zero-order chi connectivity index (χ0) is 17.8. The van der Waals surface area contributed by atoms with Crippen LogP contribution in [0.5, 0.6) is 0 Å². The fraction of sp³-hybridized carbons (Fsp3) is 0.353. The molecule has 1 fully saturated rings. The summed E-state index contributed by atoms with van der Waals surface area (Å²) in [4.78, 5) is 43.9. The average Bonchev–Trinajstić information content (AvgIpc) is 3.08. The zero-order valence-electron chi connectivity index (χ0n) is 13.7. The summed E-state index contributed by atoms with van der Waals surface area (Å²) < 4.78 is 4.65. The summed E-state index contributed by atoms with van der Waals surface area (Å²) in [7, 11) is 1.30. The van der Waals surface area contributed by atoms with Crippen molar-refractivity contribution in [2.24, 2.45) is 15.9 Å². The third kappa shape index (κ3) is 4.14. The van der Waals surface area contributed by atoms with Gasteiger partial charge in [-0.05, 0) is 37.5 Å². The van der Waals surface area contributed by atoms with E-state index in [4.69, 9.17) is 0 Å². The van der Waals surface area contributed by atoms with Crippen LogP contribution in [0.1, 0.15) is 29.6 Å². The largest absolute Gasteiger partial charge is 0.465 e. The number of benzene rings is 1. The smallest absolute Gasteiger partial charge is 0.337 e. The highest BCUT2D eigenvalue weighted by Crippen LogP contribution is 2.28. The zero-order valence-corrected chi connectivity index (χ0v) is 14.5. The van der Waals surface area contributed by atoms with Gasteiger partial charge in [-0.2, -0.15) is 4.99 Å². The highest BCUT2D eigenvalue weighted by Gasteiger charge is 2.32. The molecule has 2 amide bonds. The second kappa shape index (κ2) is 7.60. The number of carbonyl (C=O) groups excluding carboxylic acids is 3. The quantitative estimate of drug-likeness (QED) is 0.832. The number of carbonyl (C=O) groups is 3. The van der Waals surface area contributed by atoms with Crippen molar-refractivity contribution in [2.45, 2.75) is 19.3 Å². The lowest BCUT2D eigenvalue weighted by Crippen LogP contribution is -2.24. The number of hydrogen-bond donors (Lipinski definition) is 1. The minimum Gasteiger partial charge on any atom is -0.465 e. The lowest BCUT2D eigenvalue weighted by atomic mass is 10.1. The molecule has 1 aliphatic heterocycles. The number of methoxy groups -OCH3 is 1. The Hall–Kier alpha value is -2.48. The molecule has 1 heterocycles. The van der Waals surface area contributed by atoms with Gasteiger partial charge in [0.2, 0.25) is 5.91 Å². The van der Waals surface area contributed by atoms with Crippen LogP contribution in [0.25, 0.3) is 0 Å².